The van der Waals surface area contributed by atoms with E-state index < -0.39 is 0 Å². The van der Waals surface area contributed by atoms with E-state index >= 15 is 0 Å². The van der Waals surface area contributed by atoms with Gasteiger partial charge in [0.05, 0.1) is 0 Å². The lowest BCUT2D eigenvalue weighted by Gasteiger charge is -2.38. The van der Waals surface area contributed by atoms with E-state index in [0.717, 1.165) is 12.1 Å². The quantitative estimate of drug-likeness (QED) is 0.776. The zero-order chi connectivity index (χ0) is 13.4. The number of nitrogens with zero attached hydrogens (tertiary/aromatic N) is 1. The minimum Gasteiger partial charge on any atom is -0.399 e. The van der Waals surface area contributed by atoms with Crippen LogP contribution in [0, 0.1) is 6.92 Å². The molecular formula is C17H20N2. The van der Waals surface area contributed by atoms with Gasteiger partial charge in [-0.05, 0) is 56.0 Å². The Morgan fingerprint density at radius 2 is 1.89 bits per heavy atom. The molecule has 19 heavy (non-hydrogen) atoms. The first kappa shape index (κ1) is 12.1. The highest BCUT2D eigenvalue weighted by atomic mass is 15.2. The lowest BCUT2D eigenvalue weighted by molar-refractivity contribution is 0.617. The number of aryl methyl sites for hydroxylation is 2. The first-order valence-corrected chi connectivity index (χ1v) is 6.90. The fourth-order valence-electron chi connectivity index (χ4n) is 2.94. The molecule has 2 nitrogen and oxygen atoms in total. The second-order valence-corrected chi connectivity index (χ2v) is 5.43. The molecule has 1 aliphatic rings. The summed E-state index contributed by atoms with van der Waals surface area (Å²) in [7, 11) is 0. The van der Waals surface area contributed by atoms with Crippen LogP contribution in [0.4, 0.5) is 17.1 Å². The van der Waals surface area contributed by atoms with Gasteiger partial charge in [-0.2, -0.15) is 0 Å². The second kappa shape index (κ2) is 4.61. The number of anilines is 3. The fraction of sp³-hybridized carbons (Fsp3) is 0.294. The van der Waals surface area contributed by atoms with E-state index in [4.69, 9.17) is 5.73 Å². The summed E-state index contributed by atoms with van der Waals surface area (Å²) in [4.78, 5) is 2.44. The zero-order valence-corrected chi connectivity index (χ0v) is 11.6. The Labute approximate surface area is 114 Å². The van der Waals surface area contributed by atoms with Gasteiger partial charge < -0.3 is 10.6 Å². The lowest BCUT2D eigenvalue weighted by Crippen LogP contribution is -2.33. The van der Waals surface area contributed by atoms with Crippen molar-refractivity contribution in [1.82, 2.24) is 0 Å². The Kier molecular flexibility index (Phi) is 2.94. The molecule has 0 spiro atoms. The molecule has 2 heteroatoms. The van der Waals surface area contributed by atoms with Crippen molar-refractivity contribution in [2.24, 2.45) is 0 Å². The zero-order valence-electron chi connectivity index (χ0n) is 11.6. The van der Waals surface area contributed by atoms with E-state index in [1.165, 1.54) is 28.9 Å². The highest BCUT2D eigenvalue weighted by Gasteiger charge is 2.24. The molecule has 1 unspecified atom stereocenters. The maximum absolute atomic E-state index is 5.97. The van der Waals surface area contributed by atoms with Crippen molar-refractivity contribution in [3.8, 4) is 0 Å². The summed E-state index contributed by atoms with van der Waals surface area (Å²) in [6.45, 7) is 4.44. The van der Waals surface area contributed by atoms with Crippen molar-refractivity contribution in [1.29, 1.82) is 0 Å². The van der Waals surface area contributed by atoms with E-state index in [0.29, 0.717) is 6.04 Å². The summed E-state index contributed by atoms with van der Waals surface area (Å²) in [5.74, 6) is 0. The van der Waals surface area contributed by atoms with Crippen LogP contribution < -0.4 is 10.6 Å². The van der Waals surface area contributed by atoms with Crippen molar-refractivity contribution < 1.29 is 0 Å². The topological polar surface area (TPSA) is 29.3 Å². The van der Waals surface area contributed by atoms with Crippen LogP contribution in [0.2, 0.25) is 0 Å². The third-order valence-corrected chi connectivity index (χ3v) is 4.02. The van der Waals surface area contributed by atoms with Gasteiger partial charge in [0.2, 0.25) is 0 Å². The summed E-state index contributed by atoms with van der Waals surface area (Å²) in [6.07, 6.45) is 2.35. The van der Waals surface area contributed by atoms with E-state index in [2.05, 4.69) is 55.1 Å². The summed E-state index contributed by atoms with van der Waals surface area (Å²) in [5, 5.41) is 0. The summed E-state index contributed by atoms with van der Waals surface area (Å²) in [6, 6.07) is 15.4. The van der Waals surface area contributed by atoms with Crippen LogP contribution >= 0.6 is 0 Å². The highest BCUT2D eigenvalue weighted by molar-refractivity contribution is 5.73. The Morgan fingerprint density at radius 1 is 1.11 bits per heavy atom. The molecule has 0 saturated heterocycles. The van der Waals surface area contributed by atoms with Crippen LogP contribution in [0.15, 0.2) is 42.5 Å². The molecule has 0 radical (unpaired) electrons. The van der Waals surface area contributed by atoms with Crippen molar-refractivity contribution in [2.45, 2.75) is 32.7 Å². The standard InChI is InChI=1S/C17H20N2/c1-12-7-10-15(18)11-17(12)19-13(2)8-9-14-5-3-4-6-16(14)19/h3-7,10-11,13H,8-9,18H2,1-2H3. The summed E-state index contributed by atoms with van der Waals surface area (Å²) in [5.41, 5.74) is 12.1. The third-order valence-electron chi connectivity index (χ3n) is 4.02. The van der Waals surface area contributed by atoms with Crippen LogP contribution in [0.1, 0.15) is 24.5 Å². The van der Waals surface area contributed by atoms with Gasteiger partial charge in [-0.1, -0.05) is 24.3 Å². The number of benzene rings is 2. The molecule has 3 rings (SSSR count). The van der Waals surface area contributed by atoms with Crippen LogP contribution in [0.25, 0.3) is 0 Å². The molecular weight excluding hydrogens is 232 g/mol. The average Bonchev–Trinajstić information content (AvgIpc) is 2.42. The minimum absolute atomic E-state index is 0.510. The van der Waals surface area contributed by atoms with Gasteiger partial charge in [0.1, 0.15) is 0 Å². The Balaban J connectivity index is 2.16. The molecule has 2 aromatic carbocycles. The van der Waals surface area contributed by atoms with Gasteiger partial charge in [0.15, 0.2) is 0 Å². The van der Waals surface area contributed by atoms with Gasteiger partial charge in [-0.25, -0.2) is 0 Å². The van der Waals surface area contributed by atoms with Crippen molar-refractivity contribution in [3.63, 3.8) is 0 Å². The normalized spacial score (nSPS) is 18.2. The first-order chi connectivity index (χ1) is 9.16. The van der Waals surface area contributed by atoms with Gasteiger partial charge in [-0.3, -0.25) is 0 Å². The van der Waals surface area contributed by atoms with Gasteiger partial charge in [0, 0.05) is 23.1 Å². The van der Waals surface area contributed by atoms with Gasteiger partial charge in [0.25, 0.3) is 0 Å². The van der Waals surface area contributed by atoms with Crippen molar-refractivity contribution in [3.05, 3.63) is 53.6 Å². The lowest BCUT2D eigenvalue weighted by atomic mass is 9.95. The summed E-state index contributed by atoms with van der Waals surface area (Å²) >= 11 is 0. The maximum Gasteiger partial charge on any atom is 0.0463 e. The van der Waals surface area contributed by atoms with Crippen LogP contribution in [-0.2, 0) is 6.42 Å². The van der Waals surface area contributed by atoms with E-state index in [1.54, 1.807) is 0 Å². The smallest absolute Gasteiger partial charge is 0.0463 e. The molecule has 2 N–H and O–H groups in total. The molecule has 0 amide bonds. The van der Waals surface area contributed by atoms with Gasteiger partial charge >= 0.3 is 0 Å². The number of nitrogens with two attached hydrogens (primary N) is 1. The summed E-state index contributed by atoms with van der Waals surface area (Å²) < 4.78 is 0. The van der Waals surface area contributed by atoms with Crippen LogP contribution in [-0.4, -0.2) is 6.04 Å². The van der Waals surface area contributed by atoms with E-state index in [9.17, 15) is 0 Å². The average molecular weight is 252 g/mol. The Hall–Kier alpha value is -1.96. The predicted molar refractivity (Wildman–Crippen MR) is 82.0 cm³/mol. The fourth-order valence-corrected chi connectivity index (χ4v) is 2.94. The molecule has 2 aromatic rings. The molecule has 0 aliphatic carbocycles. The van der Waals surface area contributed by atoms with Crippen LogP contribution in [0.3, 0.4) is 0 Å². The molecule has 0 saturated carbocycles. The van der Waals surface area contributed by atoms with Gasteiger partial charge in [-0.15, -0.1) is 0 Å². The van der Waals surface area contributed by atoms with Crippen LogP contribution in [0.5, 0.6) is 0 Å². The molecule has 98 valence electrons. The Bertz CT molecular complexity index is 604. The molecule has 1 aliphatic heterocycles. The van der Waals surface area contributed by atoms with E-state index in [1.807, 2.05) is 6.07 Å². The molecule has 1 atom stereocenters. The molecule has 0 fully saturated rings. The SMILES string of the molecule is Cc1ccc(N)cc1N1c2ccccc2CCC1C. The molecule has 1 heterocycles. The Morgan fingerprint density at radius 3 is 2.74 bits per heavy atom. The van der Waals surface area contributed by atoms with Crippen molar-refractivity contribution >= 4 is 17.1 Å². The number of fused-ring (bicyclic) bond motifs is 1. The minimum atomic E-state index is 0.510. The predicted octanol–water partition coefficient (Wildman–Crippen LogP) is 4.05. The van der Waals surface area contributed by atoms with E-state index in [-0.39, 0.29) is 0 Å². The number of rotatable bonds is 1. The second-order valence-electron chi connectivity index (χ2n) is 5.43. The molecule has 0 aromatic heterocycles. The molecule has 0 bridgehead atoms. The number of hydrogen-bond acceptors (Lipinski definition) is 2. The highest BCUT2D eigenvalue weighted by Crippen LogP contribution is 2.38. The largest absolute Gasteiger partial charge is 0.399 e. The maximum atomic E-state index is 5.97. The third kappa shape index (κ3) is 2.07. The number of para-hydroxylation sites is 1. The van der Waals surface area contributed by atoms with Crippen molar-refractivity contribution in [2.75, 3.05) is 10.6 Å². The monoisotopic (exact) mass is 252 g/mol. The first-order valence-electron chi connectivity index (χ1n) is 6.90. The number of hydrogen-bond donors (Lipinski definition) is 1. The number of nitrogen functional groups attached to an aromatic ring is 1.